The van der Waals surface area contributed by atoms with Crippen molar-refractivity contribution in [3.8, 4) is 6.07 Å². The lowest BCUT2D eigenvalue weighted by Gasteiger charge is -2.37. The summed E-state index contributed by atoms with van der Waals surface area (Å²) in [5.41, 5.74) is 0.256. The number of alkyl carbamates (subject to hydrolysis) is 1. The van der Waals surface area contributed by atoms with E-state index in [2.05, 4.69) is 37.5 Å². The molecule has 1 fully saturated rings. The summed E-state index contributed by atoms with van der Waals surface area (Å²) in [7, 11) is -3.13. The molecule has 1 amide bonds. The average Bonchev–Trinajstić information content (AvgIpc) is 3.08. The Balaban J connectivity index is 2.03. The van der Waals surface area contributed by atoms with Crippen LogP contribution in [0.2, 0.25) is 10.0 Å². The van der Waals surface area contributed by atoms with Crippen molar-refractivity contribution in [3.63, 3.8) is 0 Å². The van der Waals surface area contributed by atoms with Crippen molar-refractivity contribution >= 4 is 39.1 Å². The van der Waals surface area contributed by atoms with Crippen molar-refractivity contribution in [1.82, 2.24) is 10.6 Å². The Kier molecular flexibility index (Phi) is 9.18. The second kappa shape index (κ2) is 11.6. The zero-order valence-electron chi connectivity index (χ0n) is 21.4. The van der Waals surface area contributed by atoms with Crippen molar-refractivity contribution in [2.75, 3.05) is 18.6 Å². The van der Waals surface area contributed by atoms with Crippen LogP contribution in [0.4, 0.5) is 4.79 Å². The van der Waals surface area contributed by atoms with Crippen LogP contribution < -0.4 is 10.6 Å². The van der Waals surface area contributed by atoms with Crippen LogP contribution in [0.3, 0.4) is 0 Å². The number of hydrogen-bond donors (Lipinski definition) is 2. The molecule has 4 atom stereocenters. The molecule has 2 aromatic carbocycles. The summed E-state index contributed by atoms with van der Waals surface area (Å²) in [5, 5.41) is 18.0. The van der Waals surface area contributed by atoms with Gasteiger partial charge in [-0.1, -0.05) is 68.2 Å². The maximum absolute atomic E-state index is 12.8. The SMILES string of the molecule is CC(C)(C)C[C@@H]1N[C@H](OC(=O)NCCCS(C)(=O)=O)[C@H](c2cccc(Cl)c2)[C@@]1(C#N)c1ccc(Cl)cc1. The first-order chi connectivity index (χ1) is 17.2. The Morgan fingerprint density at radius 1 is 1.16 bits per heavy atom. The maximum Gasteiger partial charge on any atom is 0.408 e. The fourth-order valence-corrected chi connectivity index (χ4v) is 5.95. The van der Waals surface area contributed by atoms with E-state index in [0.717, 1.165) is 17.4 Å². The highest BCUT2D eigenvalue weighted by Crippen LogP contribution is 2.51. The highest BCUT2D eigenvalue weighted by Gasteiger charge is 2.59. The van der Waals surface area contributed by atoms with Crippen LogP contribution in [0.25, 0.3) is 0 Å². The van der Waals surface area contributed by atoms with Crippen LogP contribution in [0.1, 0.15) is 50.7 Å². The van der Waals surface area contributed by atoms with Gasteiger partial charge in [0.2, 0.25) is 0 Å². The molecule has 37 heavy (non-hydrogen) atoms. The molecule has 0 saturated carbocycles. The fraction of sp³-hybridized carbons (Fsp3) is 0.481. The number of benzene rings is 2. The number of ether oxygens (including phenoxy) is 1. The molecule has 2 N–H and O–H groups in total. The van der Waals surface area contributed by atoms with Crippen molar-refractivity contribution in [2.24, 2.45) is 5.41 Å². The lowest BCUT2D eigenvalue weighted by Crippen LogP contribution is -2.44. The minimum absolute atomic E-state index is 0.0398. The second-order valence-electron chi connectivity index (χ2n) is 10.7. The third kappa shape index (κ3) is 7.38. The summed E-state index contributed by atoms with van der Waals surface area (Å²) in [6.45, 7) is 6.42. The lowest BCUT2D eigenvalue weighted by molar-refractivity contribution is 0.0746. The molecule has 1 aliphatic rings. The molecule has 0 bridgehead atoms. The quantitative estimate of drug-likeness (QED) is 0.413. The van der Waals surface area contributed by atoms with Gasteiger partial charge in [-0.2, -0.15) is 5.26 Å². The minimum Gasteiger partial charge on any atom is -0.430 e. The van der Waals surface area contributed by atoms with Crippen molar-refractivity contribution in [3.05, 3.63) is 69.7 Å². The standard InChI is InChI=1S/C27H33Cl2N3O4S/c1-26(2,3)16-22-27(17-30,19-9-11-20(28)12-10-19)23(18-7-5-8-21(29)15-18)24(32-22)36-25(33)31-13-6-14-37(4,34)35/h5,7-12,15,22-24,32H,6,13-14,16H2,1-4H3,(H,31,33)/t22-,23-,24+,27-/m0/s1. The van der Waals surface area contributed by atoms with E-state index in [1.165, 1.54) is 0 Å². The average molecular weight is 567 g/mol. The molecule has 1 saturated heterocycles. The monoisotopic (exact) mass is 565 g/mol. The van der Waals surface area contributed by atoms with Crippen LogP contribution >= 0.6 is 23.2 Å². The Bertz CT molecular complexity index is 1260. The van der Waals surface area contributed by atoms with Gasteiger partial charge in [-0.3, -0.25) is 5.32 Å². The molecule has 0 radical (unpaired) electrons. The van der Waals surface area contributed by atoms with Crippen molar-refractivity contribution in [2.45, 2.75) is 57.2 Å². The van der Waals surface area contributed by atoms with Gasteiger partial charge in [-0.15, -0.1) is 0 Å². The minimum atomic E-state index is -3.13. The maximum atomic E-state index is 12.8. The van der Waals surface area contributed by atoms with Crippen LogP contribution in [-0.4, -0.2) is 45.3 Å². The van der Waals surface area contributed by atoms with E-state index in [1.807, 2.05) is 18.2 Å². The van der Waals surface area contributed by atoms with Gasteiger partial charge in [-0.25, -0.2) is 13.2 Å². The normalized spacial score (nSPS) is 23.9. The van der Waals surface area contributed by atoms with Gasteiger partial charge in [0.25, 0.3) is 0 Å². The van der Waals surface area contributed by atoms with E-state index in [0.29, 0.717) is 16.5 Å². The molecular weight excluding hydrogens is 533 g/mol. The predicted octanol–water partition coefficient (Wildman–Crippen LogP) is 5.43. The number of sulfone groups is 1. The smallest absolute Gasteiger partial charge is 0.408 e. The van der Waals surface area contributed by atoms with E-state index in [9.17, 15) is 18.5 Å². The Labute approximate surface area is 229 Å². The molecule has 200 valence electrons. The van der Waals surface area contributed by atoms with E-state index < -0.39 is 33.5 Å². The summed E-state index contributed by atoms with van der Waals surface area (Å²) in [6.07, 6.45) is 0.490. The Morgan fingerprint density at radius 2 is 1.84 bits per heavy atom. The molecule has 0 spiro atoms. The van der Waals surface area contributed by atoms with Crippen molar-refractivity contribution in [1.29, 1.82) is 5.26 Å². The summed E-state index contributed by atoms with van der Waals surface area (Å²) >= 11 is 12.5. The van der Waals surface area contributed by atoms with Crippen LogP contribution in [0.5, 0.6) is 0 Å². The Morgan fingerprint density at radius 3 is 2.41 bits per heavy atom. The van der Waals surface area contributed by atoms with Crippen LogP contribution in [-0.2, 0) is 20.0 Å². The van der Waals surface area contributed by atoms with Gasteiger partial charge in [0, 0.05) is 28.9 Å². The number of carbonyl (C=O) groups is 1. The second-order valence-corrected chi connectivity index (χ2v) is 13.9. The highest BCUT2D eigenvalue weighted by molar-refractivity contribution is 7.90. The zero-order valence-corrected chi connectivity index (χ0v) is 23.8. The van der Waals surface area contributed by atoms with E-state index in [1.54, 1.807) is 30.3 Å². The van der Waals surface area contributed by atoms with E-state index >= 15 is 0 Å². The van der Waals surface area contributed by atoms with Crippen molar-refractivity contribution < 1.29 is 17.9 Å². The molecule has 1 aliphatic heterocycles. The summed E-state index contributed by atoms with van der Waals surface area (Å²) in [4.78, 5) is 12.8. The number of nitriles is 1. The van der Waals surface area contributed by atoms with Gasteiger partial charge in [-0.05, 0) is 53.6 Å². The first kappa shape index (κ1) is 29.2. The number of amides is 1. The third-order valence-electron chi connectivity index (χ3n) is 6.43. The number of nitrogens with zero attached hydrogens (tertiary/aromatic N) is 1. The van der Waals surface area contributed by atoms with Crippen LogP contribution in [0.15, 0.2) is 48.5 Å². The molecule has 7 nitrogen and oxygen atoms in total. The number of carbonyl (C=O) groups excluding carboxylic acids is 1. The molecule has 10 heteroatoms. The zero-order chi connectivity index (χ0) is 27.4. The molecule has 0 unspecified atom stereocenters. The first-order valence-electron chi connectivity index (χ1n) is 12.1. The van der Waals surface area contributed by atoms with Crippen LogP contribution in [0, 0.1) is 16.7 Å². The topological polar surface area (TPSA) is 108 Å². The molecule has 0 aliphatic carbocycles. The number of halogens is 2. The van der Waals surface area contributed by atoms with E-state index in [-0.39, 0.29) is 30.2 Å². The molecule has 2 aromatic rings. The number of rotatable bonds is 8. The summed E-state index contributed by atoms with van der Waals surface area (Å²) in [6, 6.07) is 16.6. The van der Waals surface area contributed by atoms with Gasteiger partial charge < -0.3 is 10.1 Å². The summed E-state index contributed by atoms with van der Waals surface area (Å²) in [5.74, 6) is -0.631. The van der Waals surface area contributed by atoms with Gasteiger partial charge in [0.15, 0.2) is 6.23 Å². The lowest BCUT2D eigenvalue weighted by atomic mass is 9.64. The van der Waals surface area contributed by atoms with E-state index in [4.69, 9.17) is 27.9 Å². The largest absolute Gasteiger partial charge is 0.430 e. The molecule has 0 aromatic heterocycles. The number of nitrogens with one attached hydrogen (secondary N) is 2. The molecule has 3 rings (SSSR count). The fourth-order valence-electron chi connectivity index (χ4n) is 4.95. The Hall–Kier alpha value is -2.31. The van der Waals surface area contributed by atoms with Gasteiger partial charge >= 0.3 is 6.09 Å². The van der Waals surface area contributed by atoms with Gasteiger partial charge in [0.05, 0.1) is 17.7 Å². The molecular formula is C27H33Cl2N3O4S. The number of hydrogen-bond acceptors (Lipinski definition) is 6. The first-order valence-corrected chi connectivity index (χ1v) is 14.9. The van der Waals surface area contributed by atoms with Gasteiger partial charge in [0.1, 0.15) is 15.3 Å². The predicted molar refractivity (Wildman–Crippen MR) is 147 cm³/mol. The molecule has 1 heterocycles. The third-order valence-corrected chi connectivity index (χ3v) is 7.95. The highest BCUT2D eigenvalue weighted by atomic mass is 35.5. The summed E-state index contributed by atoms with van der Waals surface area (Å²) < 4.78 is 28.6.